The molecule has 1 aromatic carbocycles. The highest BCUT2D eigenvalue weighted by Gasteiger charge is 2.09. The minimum absolute atomic E-state index is 0.150. The van der Waals surface area contributed by atoms with Gasteiger partial charge in [-0.1, -0.05) is 6.07 Å². The summed E-state index contributed by atoms with van der Waals surface area (Å²) in [6.45, 7) is 6.23. The van der Waals surface area contributed by atoms with Crippen LogP contribution < -0.4 is 5.32 Å². The van der Waals surface area contributed by atoms with Crippen molar-refractivity contribution < 1.29 is 19.1 Å². The van der Waals surface area contributed by atoms with Crippen molar-refractivity contribution in [2.75, 3.05) is 18.5 Å². The summed E-state index contributed by atoms with van der Waals surface area (Å²) in [5, 5.41) is 3.07. The number of benzene rings is 1. The number of nitrogens with one attached hydrogen (secondary N) is 1. The third kappa shape index (κ3) is 5.73. The van der Waals surface area contributed by atoms with Crippen LogP contribution in [0.15, 0.2) is 24.3 Å². The van der Waals surface area contributed by atoms with Gasteiger partial charge in [0.1, 0.15) is 0 Å². The van der Waals surface area contributed by atoms with Crippen molar-refractivity contribution >= 4 is 17.6 Å². The third-order valence-corrected chi connectivity index (χ3v) is 2.40. The van der Waals surface area contributed by atoms with Gasteiger partial charge in [-0.2, -0.15) is 0 Å². The quantitative estimate of drug-likeness (QED) is 0.777. The molecule has 0 aliphatic carbocycles. The maximum atomic E-state index is 11.8. The number of esters is 2. The van der Waals surface area contributed by atoms with E-state index in [4.69, 9.17) is 9.47 Å². The molecule has 5 heteroatoms. The van der Waals surface area contributed by atoms with Crippen molar-refractivity contribution in [1.82, 2.24) is 0 Å². The van der Waals surface area contributed by atoms with Crippen molar-refractivity contribution in [2.24, 2.45) is 0 Å². The van der Waals surface area contributed by atoms with Crippen LogP contribution in [0.3, 0.4) is 0 Å². The summed E-state index contributed by atoms with van der Waals surface area (Å²) in [6.07, 6.45) is 0.136. The van der Waals surface area contributed by atoms with Gasteiger partial charge >= 0.3 is 11.9 Å². The van der Waals surface area contributed by atoms with Crippen molar-refractivity contribution in [3.05, 3.63) is 29.8 Å². The lowest BCUT2D eigenvalue weighted by Crippen LogP contribution is -2.13. The van der Waals surface area contributed by atoms with Gasteiger partial charge in [0.05, 0.1) is 24.7 Å². The number of rotatable bonds is 7. The van der Waals surface area contributed by atoms with E-state index in [1.807, 2.05) is 6.07 Å². The second kappa shape index (κ2) is 8.19. The van der Waals surface area contributed by atoms with Crippen LogP contribution in [0.2, 0.25) is 0 Å². The highest BCUT2D eigenvalue weighted by atomic mass is 16.5. The molecular formula is C15H21NO4. The number of carbonyl (C=O) groups is 2. The van der Waals surface area contributed by atoms with E-state index in [9.17, 15) is 9.59 Å². The summed E-state index contributed by atoms with van der Waals surface area (Å²) >= 11 is 0. The second-order valence-electron chi connectivity index (χ2n) is 4.52. The van der Waals surface area contributed by atoms with E-state index in [0.29, 0.717) is 18.7 Å². The first-order valence-corrected chi connectivity index (χ1v) is 6.73. The minimum Gasteiger partial charge on any atom is -0.466 e. The molecule has 0 amide bonds. The first kappa shape index (κ1) is 16.0. The maximum Gasteiger partial charge on any atom is 0.338 e. The summed E-state index contributed by atoms with van der Waals surface area (Å²) in [5.41, 5.74) is 1.26. The smallest absolute Gasteiger partial charge is 0.338 e. The molecule has 1 N–H and O–H groups in total. The fourth-order valence-corrected chi connectivity index (χ4v) is 1.58. The number of carbonyl (C=O) groups excluding carboxylic acids is 2. The van der Waals surface area contributed by atoms with Crippen molar-refractivity contribution in [3.8, 4) is 0 Å². The van der Waals surface area contributed by atoms with E-state index >= 15 is 0 Å². The molecule has 0 aliphatic rings. The first-order chi connectivity index (χ1) is 9.52. The lowest BCUT2D eigenvalue weighted by Gasteiger charge is -2.10. The van der Waals surface area contributed by atoms with Crippen LogP contribution in [-0.2, 0) is 14.3 Å². The Hall–Kier alpha value is -2.04. The normalized spacial score (nSPS) is 10.2. The maximum absolute atomic E-state index is 11.8. The Morgan fingerprint density at radius 1 is 1.30 bits per heavy atom. The van der Waals surface area contributed by atoms with Gasteiger partial charge in [-0.3, -0.25) is 4.79 Å². The molecule has 1 rings (SSSR count). The summed E-state index contributed by atoms with van der Waals surface area (Å²) in [7, 11) is 0. The Kier molecular flexibility index (Phi) is 6.56. The van der Waals surface area contributed by atoms with Crippen molar-refractivity contribution in [3.63, 3.8) is 0 Å². The molecule has 0 fully saturated rings. The SMILES string of the molecule is CCOC(=O)CCNc1cccc(C(=O)OC(C)C)c1. The van der Waals surface area contributed by atoms with Gasteiger partial charge < -0.3 is 14.8 Å². The Balaban J connectivity index is 2.51. The van der Waals surface area contributed by atoms with Crippen LogP contribution in [0.5, 0.6) is 0 Å². The molecule has 0 aliphatic heterocycles. The minimum atomic E-state index is -0.353. The van der Waals surface area contributed by atoms with Gasteiger partial charge in [-0.25, -0.2) is 4.79 Å². The molecule has 0 saturated heterocycles. The van der Waals surface area contributed by atoms with Gasteiger partial charge in [-0.05, 0) is 39.0 Å². The molecule has 0 atom stereocenters. The highest BCUT2D eigenvalue weighted by Crippen LogP contribution is 2.12. The van der Waals surface area contributed by atoms with Crippen molar-refractivity contribution in [1.29, 1.82) is 0 Å². The molecule has 5 nitrogen and oxygen atoms in total. The summed E-state index contributed by atoms with van der Waals surface area (Å²) < 4.78 is 9.96. The van der Waals surface area contributed by atoms with Gasteiger partial charge in [0, 0.05) is 12.2 Å². The molecule has 0 radical (unpaired) electrons. The molecule has 0 spiro atoms. The summed E-state index contributed by atoms with van der Waals surface area (Å²) in [4.78, 5) is 22.9. The van der Waals surface area contributed by atoms with Crippen LogP contribution in [0, 0.1) is 0 Å². The molecule has 0 unspecified atom stereocenters. The zero-order valence-electron chi connectivity index (χ0n) is 12.1. The molecular weight excluding hydrogens is 258 g/mol. The molecule has 0 saturated carbocycles. The number of ether oxygens (including phenoxy) is 2. The van der Waals surface area contributed by atoms with Crippen LogP contribution in [0.4, 0.5) is 5.69 Å². The van der Waals surface area contributed by atoms with Gasteiger partial charge in [0.15, 0.2) is 0 Å². The highest BCUT2D eigenvalue weighted by molar-refractivity contribution is 5.90. The monoisotopic (exact) mass is 279 g/mol. The average Bonchev–Trinajstić information content (AvgIpc) is 2.38. The Morgan fingerprint density at radius 3 is 2.70 bits per heavy atom. The van der Waals surface area contributed by atoms with Crippen LogP contribution in [-0.4, -0.2) is 31.2 Å². The van der Waals surface area contributed by atoms with Crippen LogP contribution >= 0.6 is 0 Å². The van der Waals surface area contributed by atoms with Gasteiger partial charge in [0.25, 0.3) is 0 Å². The van der Waals surface area contributed by atoms with Crippen molar-refractivity contribution in [2.45, 2.75) is 33.3 Å². The standard InChI is InChI=1S/C15H21NO4/c1-4-19-14(17)8-9-16-13-7-5-6-12(10-13)15(18)20-11(2)3/h5-7,10-11,16H,4,8-9H2,1-3H3. The lowest BCUT2D eigenvalue weighted by atomic mass is 10.2. The van der Waals surface area contributed by atoms with E-state index in [1.165, 1.54) is 0 Å². The summed E-state index contributed by atoms with van der Waals surface area (Å²) in [5.74, 6) is -0.593. The number of hydrogen-bond acceptors (Lipinski definition) is 5. The first-order valence-electron chi connectivity index (χ1n) is 6.73. The zero-order valence-corrected chi connectivity index (χ0v) is 12.1. The predicted octanol–water partition coefficient (Wildman–Crippen LogP) is 2.62. The average molecular weight is 279 g/mol. The van der Waals surface area contributed by atoms with E-state index < -0.39 is 0 Å². The Morgan fingerprint density at radius 2 is 2.05 bits per heavy atom. The topological polar surface area (TPSA) is 64.6 Å². The Labute approximate surface area is 119 Å². The van der Waals surface area contributed by atoms with Crippen LogP contribution in [0.25, 0.3) is 0 Å². The molecule has 0 aromatic heterocycles. The van der Waals surface area contributed by atoms with Gasteiger partial charge in [0.2, 0.25) is 0 Å². The molecule has 20 heavy (non-hydrogen) atoms. The molecule has 0 heterocycles. The van der Waals surface area contributed by atoms with E-state index in [2.05, 4.69) is 5.32 Å². The van der Waals surface area contributed by atoms with Crippen LogP contribution in [0.1, 0.15) is 37.6 Å². The lowest BCUT2D eigenvalue weighted by molar-refractivity contribution is -0.142. The fraction of sp³-hybridized carbons (Fsp3) is 0.467. The van der Waals surface area contributed by atoms with E-state index in [0.717, 1.165) is 5.69 Å². The second-order valence-corrected chi connectivity index (χ2v) is 4.52. The zero-order chi connectivity index (χ0) is 15.0. The molecule has 0 bridgehead atoms. The number of anilines is 1. The molecule has 110 valence electrons. The predicted molar refractivity (Wildman–Crippen MR) is 76.7 cm³/mol. The number of hydrogen-bond donors (Lipinski definition) is 1. The summed E-state index contributed by atoms with van der Waals surface area (Å²) in [6, 6.07) is 7.00. The third-order valence-electron chi connectivity index (χ3n) is 2.40. The molecule has 1 aromatic rings. The fourth-order valence-electron chi connectivity index (χ4n) is 1.58. The van der Waals surface area contributed by atoms with E-state index in [-0.39, 0.29) is 24.5 Å². The van der Waals surface area contributed by atoms with E-state index in [1.54, 1.807) is 39.0 Å². The largest absolute Gasteiger partial charge is 0.466 e. The van der Waals surface area contributed by atoms with Gasteiger partial charge in [-0.15, -0.1) is 0 Å². The Bertz CT molecular complexity index is 457.